The van der Waals surface area contributed by atoms with Crippen LogP contribution in [-0.2, 0) is 16.0 Å². The van der Waals surface area contributed by atoms with Crippen LogP contribution in [0.5, 0.6) is 5.75 Å². The fourth-order valence-corrected chi connectivity index (χ4v) is 1.88. The van der Waals surface area contributed by atoms with Gasteiger partial charge in [-0.2, -0.15) is 0 Å². The van der Waals surface area contributed by atoms with Crippen molar-refractivity contribution in [2.24, 2.45) is 0 Å². The quantitative estimate of drug-likeness (QED) is 0.574. The minimum absolute atomic E-state index is 0.262. The molecule has 1 N–H and O–H groups in total. The fourth-order valence-electron chi connectivity index (χ4n) is 1.69. The van der Waals surface area contributed by atoms with Gasteiger partial charge in [0.1, 0.15) is 18.0 Å². The third-order valence-corrected chi connectivity index (χ3v) is 2.80. The van der Waals surface area contributed by atoms with E-state index in [1.807, 2.05) is 20.8 Å². The van der Waals surface area contributed by atoms with Gasteiger partial charge in [0.15, 0.2) is 0 Å². The molecule has 0 radical (unpaired) electrons. The van der Waals surface area contributed by atoms with Gasteiger partial charge in [0.05, 0.1) is 13.2 Å². The summed E-state index contributed by atoms with van der Waals surface area (Å²) in [4.78, 5) is 11.7. The van der Waals surface area contributed by atoms with Gasteiger partial charge in [-0.15, -0.1) is 6.58 Å². The van der Waals surface area contributed by atoms with Crippen LogP contribution in [0.15, 0.2) is 30.9 Å². The van der Waals surface area contributed by atoms with Crippen LogP contribution in [0.25, 0.3) is 0 Å². The van der Waals surface area contributed by atoms with Crippen molar-refractivity contribution in [3.8, 4) is 5.75 Å². The lowest BCUT2D eigenvalue weighted by molar-refractivity contribution is 0.0523. The van der Waals surface area contributed by atoms with Crippen LogP contribution in [0.4, 0.5) is 4.79 Å². The Labute approximate surface area is 142 Å². The summed E-state index contributed by atoms with van der Waals surface area (Å²) in [5.41, 5.74) is 0.229. The van der Waals surface area contributed by atoms with E-state index >= 15 is 0 Å². The predicted molar refractivity (Wildman–Crippen MR) is 91.0 cm³/mol. The van der Waals surface area contributed by atoms with Crippen LogP contribution in [0.1, 0.15) is 26.3 Å². The van der Waals surface area contributed by atoms with Crippen molar-refractivity contribution < 1.29 is 19.0 Å². The van der Waals surface area contributed by atoms with Gasteiger partial charge in [0.25, 0.3) is 0 Å². The number of amides is 1. The van der Waals surface area contributed by atoms with Crippen LogP contribution >= 0.6 is 11.6 Å². The maximum atomic E-state index is 11.7. The van der Waals surface area contributed by atoms with Crippen LogP contribution < -0.4 is 10.1 Å². The molecule has 128 valence electrons. The summed E-state index contributed by atoms with van der Waals surface area (Å²) in [6.07, 6.45) is 1.19. The molecule has 23 heavy (non-hydrogen) atoms. The molecular formula is C17H24ClNO4. The first-order valence-electron chi connectivity index (χ1n) is 7.38. The summed E-state index contributed by atoms with van der Waals surface area (Å²) in [6, 6.07) is 5.25. The molecule has 0 unspecified atom stereocenters. The maximum Gasteiger partial charge on any atom is 0.407 e. The summed E-state index contributed by atoms with van der Waals surface area (Å²) >= 11 is 6.01. The lowest BCUT2D eigenvalue weighted by Crippen LogP contribution is -2.32. The molecule has 0 saturated carbocycles. The summed E-state index contributed by atoms with van der Waals surface area (Å²) in [6.45, 7) is 10.6. The molecular weight excluding hydrogens is 318 g/mol. The highest BCUT2D eigenvalue weighted by Gasteiger charge is 2.16. The van der Waals surface area contributed by atoms with Gasteiger partial charge < -0.3 is 19.5 Å². The largest absolute Gasteiger partial charge is 0.491 e. The molecule has 1 rings (SSSR count). The number of benzene rings is 1. The van der Waals surface area contributed by atoms with Gasteiger partial charge in [0.2, 0.25) is 0 Å². The van der Waals surface area contributed by atoms with Gasteiger partial charge in [-0.05, 0) is 39.0 Å². The Balaban J connectivity index is 2.57. The van der Waals surface area contributed by atoms with E-state index in [1.54, 1.807) is 24.3 Å². The zero-order valence-electron chi connectivity index (χ0n) is 13.9. The zero-order chi connectivity index (χ0) is 17.3. The standard InChI is InChI=1S/C17H24ClNO4/c1-5-8-21-9-10-22-15-7-6-14(18)11-13(15)12-19-16(20)23-17(2,3)4/h5-7,11H,1,8-10,12H2,2-4H3,(H,19,20). The van der Waals surface area contributed by atoms with Gasteiger partial charge in [0, 0.05) is 17.1 Å². The van der Waals surface area contributed by atoms with Gasteiger partial charge in [-0.1, -0.05) is 17.7 Å². The Morgan fingerprint density at radius 3 is 2.74 bits per heavy atom. The minimum atomic E-state index is -0.541. The number of ether oxygens (including phenoxy) is 3. The Bertz CT molecular complexity index is 526. The maximum absolute atomic E-state index is 11.7. The molecule has 0 spiro atoms. The van der Waals surface area contributed by atoms with Crippen molar-refractivity contribution in [2.75, 3.05) is 19.8 Å². The number of hydrogen-bond acceptors (Lipinski definition) is 4. The Kier molecular flexibility index (Phi) is 7.92. The predicted octanol–water partition coefficient (Wildman–Crippen LogP) is 3.95. The number of halogens is 1. The number of carbonyl (C=O) groups excluding carboxylic acids is 1. The molecule has 5 nitrogen and oxygen atoms in total. The molecule has 1 aromatic carbocycles. The van der Waals surface area contributed by atoms with E-state index < -0.39 is 11.7 Å². The summed E-state index contributed by atoms with van der Waals surface area (Å²) in [7, 11) is 0. The van der Waals surface area contributed by atoms with Crippen LogP contribution in [0.2, 0.25) is 5.02 Å². The van der Waals surface area contributed by atoms with Crippen molar-refractivity contribution in [1.82, 2.24) is 5.32 Å². The van der Waals surface area contributed by atoms with Crippen molar-refractivity contribution in [3.05, 3.63) is 41.4 Å². The molecule has 0 atom stereocenters. The summed E-state index contributed by atoms with van der Waals surface area (Å²) in [5, 5.41) is 3.26. The molecule has 0 saturated heterocycles. The normalized spacial score (nSPS) is 11.0. The Hall–Kier alpha value is -1.72. The van der Waals surface area contributed by atoms with Crippen molar-refractivity contribution in [3.63, 3.8) is 0 Å². The van der Waals surface area contributed by atoms with Crippen LogP contribution in [0, 0.1) is 0 Å². The Morgan fingerprint density at radius 2 is 2.09 bits per heavy atom. The second-order valence-corrected chi connectivity index (χ2v) is 6.26. The molecule has 0 heterocycles. The lowest BCUT2D eigenvalue weighted by atomic mass is 10.2. The third kappa shape index (κ3) is 8.47. The number of rotatable bonds is 8. The highest BCUT2D eigenvalue weighted by Crippen LogP contribution is 2.23. The van der Waals surface area contributed by atoms with E-state index in [2.05, 4.69) is 11.9 Å². The van der Waals surface area contributed by atoms with Crippen LogP contribution in [0.3, 0.4) is 0 Å². The molecule has 0 aliphatic rings. The van der Waals surface area contributed by atoms with E-state index in [4.69, 9.17) is 25.8 Å². The molecule has 0 aliphatic carbocycles. The minimum Gasteiger partial charge on any atom is -0.491 e. The Morgan fingerprint density at radius 1 is 1.35 bits per heavy atom. The van der Waals surface area contributed by atoms with Crippen molar-refractivity contribution in [2.45, 2.75) is 32.9 Å². The molecule has 0 aliphatic heterocycles. The molecule has 1 aromatic rings. The molecule has 0 bridgehead atoms. The smallest absolute Gasteiger partial charge is 0.407 e. The molecule has 1 amide bonds. The lowest BCUT2D eigenvalue weighted by Gasteiger charge is -2.20. The van der Waals surface area contributed by atoms with E-state index in [0.717, 1.165) is 5.56 Å². The van der Waals surface area contributed by atoms with Crippen LogP contribution in [-0.4, -0.2) is 31.5 Å². The van der Waals surface area contributed by atoms with Crippen molar-refractivity contribution >= 4 is 17.7 Å². The topological polar surface area (TPSA) is 56.8 Å². The number of carbonyl (C=O) groups is 1. The number of nitrogens with one attached hydrogen (secondary N) is 1. The second-order valence-electron chi connectivity index (χ2n) is 5.82. The second kappa shape index (κ2) is 9.43. The molecule has 6 heteroatoms. The average molecular weight is 342 g/mol. The number of alkyl carbamates (subject to hydrolysis) is 1. The van der Waals surface area contributed by atoms with E-state index in [1.165, 1.54) is 0 Å². The van der Waals surface area contributed by atoms with E-state index in [-0.39, 0.29) is 6.54 Å². The first-order valence-corrected chi connectivity index (χ1v) is 7.76. The highest BCUT2D eigenvalue weighted by atomic mass is 35.5. The van der Waals surface area contributed by atoms with Crippen molar-refractivity contribution in [1.29, 1.82) is 0 Å². The summed E-state index contributed by atoms with van der Waals surface area (Å²) in [5.74, 6) is 0.646. The average Bonchev–Trinajstić information content (AvgIpc) is 2.45. The number of hydrogen-bond donors (Lipinski definition) is 1. The first-order chi connectivity index (χ1) is 10.8. The van der Waals surface area contributed by atoms with Gasteiger partial charge in [-0.25, -0.2) is 4.79 Å². The third-order valence-electron chi connectivity index (χ3n) is 2.57. The monoisotopic (exact) mass is 341 g/mol. The molecule has 0 aromatic heterocycles. The highest BCUT2D eigenvalue weighted by molar-refractivity contribution is 6.30. The first kappa shape index (κ1) is 19.3. The SMILES string of the molecule is C=CCOCCOc1ccc(Cl)cc1CNC(=O)OC(C)(C)C. The van der Waals surface area contributed by atoms with E-state index in [0.29, 0.717) is 30.6 Å². The zero-order valence-corrected chi connectivity index (χ0v) is 14.6. The van der Waals surface area contributed by atoms with Gasteiger partial charge >= 0.3 is 6.09 Å². The molecule has 0 fully saturated rings. The summed E-state index contributed by atoms with van der Waals surface area (Å²) < 4.78 is 16.1. The van der Waals surface area contributed by atoms with E-state index in [9.17, 15) is 4.79 Å². The van der Waals surface area contributed by atoms with Gasteiger partial charge in [-0.3, -0.25) is 0 Å². The fraction of sp³-hybridized carbons (Fsp3) is 0.471.